The Morgan fingerprint density at radius 1 is 0.963 bits per heavy atom. The Morgan fingerprint density at radius 3 is 2.07 bits per heavy atom. The van der Waals surface area contributed by atoms with E-state index in [1.165, 1.54) is 31.2 Å². The number of hydrogen-bond acceptors (Lipinski definition) is 4. The Morgan fingerprint density at radius 2 is 1.56 bits per heavy atom. The van der Waals surface area contributed by atoms with Crippen LogP contribution in [0.2, 0.25) is 0 Å². The molecule has 0 unspecified atom stereocenters. The molecule has 10 heteroatoms. The predicted molar refractivity (Wildman–Crippen MR) is 97.9 cm³/mol. The summed E-state index contributed by atoms with van der Waals surface area (Å²) in [4.78, 5) is 23.2. The summed E-state index contributed by atoms with van der Waals surface area (Å²) in [5.41, 5.74) is 0.659. The molecule has 0 spiro atoms. The molecule has 0 heterocycles. The van der Waals surface area contributed by atoms with E-state index in [1.807, 2.05) is 0 Å². The van der Waals surface area contributed by atoms with Crippen molar-refractivity contribution in [1.29, 1.82) is 0 Å². The third-order valence-electron chi connectivity index (χ3n) is 3.37. The smallest absolute Gasteiger partial charge is 0.245 e. The maximum absolute atomic E-state index is 13.2. The zero-order chi connectivity index (χ0) is 20.2. The molecule has 0 aromatic heterocycles. The van der Waals surface area contributed by atoms with Crippen LogP contribution in [0.5, 0.6) is 0 Å². The minimum Gasteiger partial charge on any atom is -0.326 e. The molecule has 2 aromatic carbocycles. The molecule has 144 valence electrons. The molecule has 0 aliphatic heterocycles. The molecule has 0 atom stereocenters. The number of carbonyl (C=O) groups is 2. The van der Waals surface area contributed by atoms with Crippen LogP contribution < -0.4 is 14.9 Å². The van der Waals surface area contributed by atoms with Gasteiger partial charge in [0, 0.05) is 24.4 Å². The lowest BCUT2D eigenvalue weighted by atomic mass is 10.2. The Labute approximate surface area is 155 Å². The summed E-state index contributed by atoms with van der Waals surface area (Å²) in [5.74, 6) is -3.22. The molecule has 7 nitrogen and oxygen atoms in total. The lowest BCUT2D eigenvalue weighted by molar-refractivity contribution is -0.115. The third-order valence-corrected chi connectivity index (χ3v) is 4.51. The van der Waals surface area contributed by atoms with Crippen molar-refractivity contribution in [3.63, 3.8) is 0 Å². The summed E-state index contributed by atoms with van der Waals surface area (Å²) in [5, 5.41) is 4.85. The first kappa shape index (κ1) is 20.3. The summed E-state index contributed by atoms with van der Waals surface area (Å²) in [6, 6.07) is 8.63. The zero-order valence-electron chi connectivity index (χ0n) is 14.5. The van der Waals surface area contributed by atoms with E-state index in [1.54, 1.807) is 0 Å². The third kappa shape index (κ3) is 5.74. The van der Waals surface area contributed by atoms with Crippen LogP contribution in [0.4, 0.5) is 25.8 Å². The van der Waals surface area contributed by atoms with Crippen LogP contribution in [0.1, 0.15) is 6.92 Å². The fraction of sp³-hybridized carbons (Fsp3) is 0.176. The van der Waals surface area contributed by atoms with Gasteiger partial charge in [-0.1, -0.05) is 0 Å². The van der Waals surface area contributed by atoms with Crippen LogP contribution in [-0.2, 0) is 19.6 Å². The number of rotatable bonds is 6. The predicted octanol–water partition coefficient (Wildman–Crippen LogP) is 2.33. The van der Waals surface area contributed by atoms with Gasteiger partial charge < -0.3 is 10.6 Å². The first-order valence-electron chi connectivity index (χ1n) is 7.66. The standard InChI is InChI=1S/C17H17F2N3O4S/c1-11(23)20-12-3-6-14(7-4-12)22(27(2,25)26)10-17(24)21-13-5-8-15(18)16(19)9-13/h3-9H,10H2,1-2H3,(H,20,23)(H,21,24). The van der Waals surface area contributed by atoms with E-state index in [9.17, 15) is 26.8 Å². The molecule has 0 bridgehead atoms. The zero-order valence-corrected chi connectivity index (χ0v) is 15.3. The highest BCUT2D eigenvalue weighted by molar-refractivity contribution is 7.92. The van der Waals surface area contributed by atoms with Crippen LogP contribution in [-0.4, -0.2) is 33.0 Å². The van der Waals surface area contributed by atoms with Gasteiger partial charge in [-0.15, -0.1) is 0 Å². The lowest BCUT2D eigenvalue weighted by Crippen LogP contribution is -2.37. The summed E-state index contributed by atoms with van der Waals surface area (Å²) < 4.78 is 51.1. The molecule has 27 heavy (non-hydrogen) atoms. The highest BCUT2D eigenvalue weighted by atomic mass is 32.2. The highest BCUT2D eigenvalue weighted by Gasteiger charge is 2.21. The fourth-order valence-corrected chi connectivity index (χ4v) is 3.08. The largest absolute Gasteiger partial charge is 0.326 e. The van der Waals surface area contributed by atoms with Crippen molar-refractivity contribution in [1.82, 2.24) is 0 Å². The van der Waals surface area contributed by atoms with Crippen LogP contribution in [0.3, 0.4) is 0 Å². The quantitative estimate of drug-likeness (QED) is 0.782. The Kier molecular flexibility index (Phi) is 6.11. The normalized spacial score (nSPS) is 11.0. The van der Waals surface area contributed by atoms with Gasteiger partial charge in [-0.3, -0.25) is 13.9 Å². The lowest BCUT2D eigenvalue weighted by Gasteiger charge is -2.22. The van der Waals surface area contributed by atoms with E-state index >= 15 is 0 Å². The molecule has 0 fully saturated rings. The minimum absolute atomic E-state index is 0.00615. The van der Waals surface area contributed by atoms with E-state index < -0.39 is 34.1 Å². The van der Waals surface area contributed by atoms with Crippen LogP contribution in [0, 0.1) is 11.6 Å². The molecule has 0 aliphatic rings. The molecule has 0 saturated heterocycles. The molecule has 0 saturated carbocycles. The van der Waals surface area contributed by atoms with E-state index in [0.717, 1.165) is 28.8 Å². The molecular formula is C17H17F2N3O4S. The van der Waals surface area contributed by atoms with Crippen molar-refractivity contribution in [2.24, 2.45) is 0 Å². The van der Waals surface area contributed by atoms with Gasteiger partial charge in [-0.25, -0.2) is 17.2 Å². The Balaban J connectivity index is 2.18. The van der Waals surface area contributed by atoms with Gasteiger partial charge in [0.1, 0.15) is 6.54 Å². The van der Waals surface area contributed by atoms with Crippen LogP contribution >= 0.6 is 0 Å². The molecule has 2 N–H and O–H groups in total. The molecule has 2 rings (SSSR count). The van der Waals surface area contributed by atoms with Crippen molar-refractivity contribution in [2.75, 3.05) is 27.7 Å². The van der Waals surface area contributed by atoms with Gasteiger partial charge in [0.25, 0.3) is 0 Å². The number of anilines is 3. The van der Waals surface area contributed by atoms with Gasteiger partial charge in [0.2, 0.25) is 21.8 Å². The Hall–Kier alpha value is -3.01. The number of hydrogen-bond donors (Lipinski definition) is 2. The summed E-state index contributed by atoms with van der Waals surface area (Å²) >= 11 is 0. The molecule has 0 radical (unpaired) electrons. The second-order valence-electron chi connectivity index (χ2n) is 5.67. The molecule has 2 aromatic rings. The minimum atomic E-state index is -3.81. The topological polar surface area (TPSA) is 95.6 Å². The number of sulfonamides is 1. The van der Waals surface area contributed by atoms with Crippen molar-refractivity contribution < 1.29 is 26.8 Å². The van der Waals surface area contributed by atoms with Gasteiger partial charge in [0.15, 0.2) is 11.6 Å². The fourth-order valence-electron chi connectivity index (χ4n) is 2.22. The first-order chi connectivity index (χ1) is 12.6. The average Bonchev–Trinajstić information content (AvgIpc) is 2.55. The SMILES string of the molecule is CC(=O)Nc1ccc(N(CC(=O)Nc2ccc(F)c(F)c2)S(C)(=O)=O)cc1. The van der Waals surface area contributed by atoms with Crippen molar-refractivity contribution in [2.45, 2.75) is 6.92 Å². The summed E-state index contributed by atoms with van der Waals surface area (Å²) in [7, 11) is -3.81. The van der Waals surface area contributed by atoms with Gasteiger partial charge in [-0.05, 0) is 36.4 Å². The summed E-state index contributed by atoms with van der Waals surface area (Å²) in [6.07, 6.45) is 0.930. The molecule has 0 aliphatic carbocycles. The van der Waals surface area contributed by atoms with E-state index in [2.05, 4.69) is 10.6 Å². The highest BCUT2D eigenvalue weighted by Crippen LogP contribution is 2.21. The van der Waals surface area contributed by atoms with Gasteiger partial charge >= 0.3 is 0 Å². The first-order valence-corrected chi connectivity index (χ1v) is 9.51. The average molecular weight is 397 g/mol. The van der Waals surface area contributed by atoms with Crippen molar-refractivity contribution in [3.8, 4) is 0 Å². The molecular weight excluding hydrogens is 380 g/mol. The second kappa shape index (κ2) is 8.12. The maximum Gasteiger partial charge on any atom is 0.245 e. The summed E-state index contributed by atoms with van der Waals surface area (Å²) in [6.45, 7) is 0.761. The maximum atomic E-state index is 13.2. The number of carbonyl (C=O) groups excluding carboxylic acids is 2. The van der Waals surface area contributed by atoms with Crippen LogP contribution in [0.25, 0.3) is 0 Å². The van der Waals surface area contributed by atoms with Gasteiger partial charge in [-0.2, -0.15) is 0 Å². The van der Waals surface area contributed by atoms with Crippen molar-refractivity contribution in [3.05, 3.63) is 54.1 Å². The Bertz CT molecular complexity index is 963. The number of benzene rings is 2. The number of nitrogens with one attached hydrogen (secondary N) is 2. The van der Waals surface area contributed by atoms with E-state index in [0.29, 0.717) is 5.69 Å². The monoisotopic (exact) mass is 397 g/mol. The van der Waals surface area contributed by atoms with Crippen LogP contribution in [0.15, 0.2) is 42.5 Å². The van der Waals surface area contributed by atoms with E-state index in [-0.39, 0.29) is 17.3 Å². The molecule has 2 amide bonds. The second-order valence-corrected chi connectivity index (χ2v) is 7.58. The van der Waals surface area contributed by atoms with Crippen molar-refractivity contribution >= 4 is 38.9 Å². The number of amides is 2. The van der Waals surface area contributed by atoms with Gasteiger partial charge in [0.05, 0.1) is 11.9 Å². The van der Waals surface area contributed by atoms with E-state index in [4.69, 9.17) is 0 Å². The number of halogens is 2. The number of nitrogens with zero attached hydrogens (tertiary/aromatic N) is 1.